The summed E-state index contributed by atoms with van der Waals surface area (Å²) in [7, 11) is 1.83. The van der Waals surface area contributed by atoms with E-state index < -0.39 is 0 Å². The lowest BCUT2D eigenvalue weighted by atomic mass is 9.71. The van der Waals surface area contributed by atoms with Crippen LogP contribution in [0.2, 0.25) is 0 Å². The lowest BCUT2D eigenvalue weighted by molar-refractivity contribution is 0.119. The Bertz CT molecular complexity index is 311. The molecule has 2 rings (SSSR count). The normalized spacial score (nSPS) is 40.1. The van der Waals surface area contributed by atoms with Gasteiger partial charge in [-0.25, -0.2) is 0 Å². The van der Waals surface area contributed by atoms with E-state index in [2.05, 4.69) is 40.7 Å². The summed E-state index contributed by atoms with van der Waals surface area (Å²) in [4.78, 5) is 0. The highest BCUT2D eigenvalue weighted by atomic mass is 16.5. The number of methoxy groups -OCH3 is 1. The maximum absolute atomic E-state index is 5.64. The minimum absolute atomic E-state index is 0.358. The van der Waals surface area contributed by atoms with Gasteiger partial charge in [0.2, 0.25) is 0 Å². The molecule has 0 aromatic heterocycles. The number of ether oxygens (including phenoxy) is 1. The van der Waals surface area contributed by atoms with Crippen molar-refractivity contribution in [3.05, 3.63) is 11.8 Å². The molecule has 3 unspecified atom stereocenters. The van der Waals surface area contributed by atoms with Crippen LogP contribution < -0.4 is 0 Å². The van der Waals surface area contributed by atoms with Crippen LogP contribution in [0.15, 0.2) is 11.8 Å². The van der Waals surface area contributed by atoms with Gasteiger partial charge in [-0.2, -0.15) is 0 Å². The van der Waals surface area contributed by atoms with Gasteiger partial charge in [-0.1, -0.05) is 34.6 Å². The molecule has 0 heterocycles. The van der Waals surface area contributed by atoms with Crippen molar-refractivity contribution in [3.63, 3.8) is 0 Å². The van der Waals surface area contributed by atoms with Gasteiger partial charge in [0.25, 0.3) is 0 Å². The van der Waals surface area contributed by atoms with Crippen LogP contribution in [0, 0.1) is 28.6 Å². The molecule has 2 aliphatic carbocycles. The Kier molecular flexibility index (Phi) is 2.64. The highest BCUT2D eigenvalue weighted by molar-refractivity contribution is 5.18. The molecule has 0 radical (unpaired) electrons. The third kappa shape index (κ3) is 1.36. The molecule has 1 fully saturated rings. The predicted octanol–water partition coefficient (Wildman–Crippen LogP) is 4.25. The Labute approximate surface area is 100 Å². The van der Waals surface area contributed by atoms with Gasteiger partial charge in [-0.15, -0.1) is 0 Å². The van der Waals surface area contributed by atoms with E-state index in [1.807, 2.05) is 7.11 Å². The van der Waals surface area contributed by atoms with Crippen molar-refractivity contribution in [3.8, 4) is 0 Å². The monoisotopic (exact) mass is 222 g/mol. The lowest BCUT2D eigenvalue weighted by Gasteiger charge is -2.36. The van der Waals surface area contributed by atoms with Crippen LogP contribution in [-0.4, -0.2) is 7.11 Å². The minimum atomic E-state index is 0.358. The van der Waals surface area contributed by atoms with Crippen molar-refractivity contribution in [2.24, 2.45) is 28.6 Å². The summed E-state index contributed by atoms with van der Waals surface area (Å²) in [6.07, 6.45) is 4.84. The van der Waals surface area contributed by atoms with Crippen LogP contribution in [0.25, 0.3) is 0 Å². The second kappa shape index (κ2) is 3.51. The van der Waals surface area contributed by atoms with Crippen LogP contribution in [0.4, 0.5) is 0 Å². The van der Waals surface area contributed by atoms with Gasteiger partial charge < -0.3 is 4.74 Å². The third-order valence-electron chi connectivity index (χ3n) is 5.76. The number of allylic oxidation sites excluding steroid dienone is 2. The van der Waals surface area contributed by atoms with Crippen molar-refractivity contribution in [1.82, 2.24) is 0 Å². The zero-order valence-electron chi connectivity index (χ0n) is 11.6. The molecule has 0 amide bonds. The zero-order valence-corrected chi connectivity index (χ0v) is 11.6. The summed E-state index contributed by atoms with van der Waals surface area (Å²) < 4.78 is 5.64. The average molecular weight is 222 g/mol. The second-order valence-corrected chi connectivity index (χ2v) is 6.84. The van der Waals surface area contributed by atoms with E-state index >= 15 is 0 Å². The van der Waals surface area contributed by atoms with Gasteiger partial charge in [0, 0.05) is 5.92 Å². The summed E-state index contributed by atoms with van der Waals surface area (Å²) in [6, 6.07) is 0. The summed E-state index contributed by atoms with van der Waals surface area (Å²) in [5.74, 6) is 3.40. The molecule has 2 aliphatic rings. The summed E-state index contributed by atoms with van der Waals surface area (Å²) in [5, 5.41) is 0. The molecule has 0 aromatic rings. The largest absolute Gasteiger partial charge is 0.501 e. The molecule has 92 valence electrons. The number of hydrogen-bond donors (Lipinski definition) is 0. The molecule has 1 nitrogen and oxygen atoms in total. The van der Waals surface area contributed by atoms with Crippen LogP contribution in [0.1, 0.15) is 47.5 Å². The van der Waals surface area contributed by atoms with E-state index in [4.69, 9.17) is 4.74 Å². The Hall–Kier alpha value is -0.460. The van der Waals surface area contributed by atoms with Gasteiger partial charge in [-0.3, -0.25) is 0 Å². The molecule has 0 saturated heterocycles. The molecule has 0 aromatic carbocycles. The fourth-order valence-electron chi connectivity index (χ4n) is 4.34. The van der Waals surface area contributed by atoms with Crippen molar-refractivity contribution >= 4 is 0 Å². The van der Waals surface area contributed by atoms with E-state index in [9.17, 15) is 0 Å². The van der Waals surface area contributed by atoms with E-state index in [-0.39, 0.29) is 0 Å². The SMILES string of the molecule is COC1=CCCC2C1C(C)(C)C(C)C2(C)C. The van der Waals surface area contributed by atoms with Gasteiger partial charge in [0.1, 0.15) is 0 Å². The molecule has 0 bridgehead atoms. The molecule has 1 heteroatoms. The molecule has 0 N–H and O–H groups in total. The molecular weight excluding hydrogens is 196 g/mol. The molecule has 0 aliphatic heterocycles. The van der Waals surface area contributed by atoms with Crippen molar-refractivity contribution < 1.29 is 4.74 Å². The highest BCUT2D eigenvalue weighted by Gasteiger charge is 2.59. The van der Waals surface area contributed by atoms with Gasteiger partial charge in [0.15, 0.2) is 0 Å². The zero-order chi connectivity index (χ0) is 12.1. The first-order chi connectivity index (χ1) is 7.33. The number of hydrogen-bond acceptors (Lipinski definition) is 1. The quantitative estimate of drug-likeness (QED) is 0.644. The summed E-state index contributed by atoms with van der Waals surface area (Å²) in [6.45, 7) is 12.2. The highest BCUT2D eigenvalue weighted by Crippen LogP contribution is 2.64. The van der Waals surface area contributed by atoms with Crippen molar-refractivity contribution in [1.29, 1.82) is 0 Å². The fraction of sp³-hybridized carbons (Fsp3) is 0.867. The lowest BCUT2D eigenvalue weighted by Crippen LogP contribution is -2.29. The average Bonchev–Trinajstić information content (AvgIpc) is 2.38. The molecule has 16 heavy (non-hydrogen) atoms. The molecule has 0 spiro atoms. The molecular formula is C15H26O. The molecule has 3 atom stereocenters. The topological polar surface area (TPSA) is 9.23 Å². The Morgan fingerprint density at radius 3 is 2.38 bits per heavy atom. The number of rotatable bonds is 1. The van der Waals surface area contributed by atoms with Gasteiger partial charge >= 0.3 is 0 Å². The van der Waals surface area contributed by atoms with E-state index in [0.717, 1.165) is 11.8 Å². The van der Waals surface area contributed by atoms with E-state index in [1.54, 1.807) is 0 Å². The van der Waals surface area contributed by atoms with Crippen LogP contribution in [0.5, 0.6) is 0 Å². The van der Waals surface area contributed by atoms with Crippen LogP contribution >= 0.6 is 0 Å². The van der Waals surface area contributed by atoms with Gasteiger partial charge in [-0.05, 0) is 41.6 Å². The van der Waals surface area contributed by atoms with Crippen molar-refractivity contribution in [2.45, 2.75) is 47.5 Å². The maximum atomic E-state index is 5.64. The van der Waals surface area contributed by atoms with Crippen LogP contribution in [-0.2, 0) is 4.74 Å². The Balaban J connectivity index is 2.46. The summed E-state index contributed by atoms with van der Waals surface area (Å²) >= 11 is 0. The number of fused-ring (bicyclic) bond motifs is 1. The predicted molar refractivity (Wildman–Crippen MR) is 68.0 cm³/mol. The Morgan fingerprint density at radius 2 is 1.81 bits per heavy atom. The summed E-state index contributed by atoms with van der Waals surface area (Å²) in [5.41, 5.74) is 0.794. The first kappa shape index (κ1) is 12.0. The first-order valence-corrected chi connectivity index (χ1v) is 6.57. The fourth-order valence-corrected chi connectivity index (χ4v) is 4.34. The maximum Gasteiger partial charge on any atom is 0.0954 e. The van der Waals surface area contributed by atoms with E-state index in [0.29, 0.717) is 16.7 Å². The molecule has 1 saturated carbocycles. The Morgan fingerprint density at radius 1 is 1.19 bits per heavy atom. The van der Waals surface area contributed by atoms with Crippen molar-refractivity contribution in [2.75, 3.05) is 7.11 Å². The van der Waals surface area contributed by atoms with E-state index in [1.165, 1.54) is 18.6 Å². The standard InChI is InChI=1S/C15H26O/c1-10-14(2,3)11-8-7-9-12(16-6)13(11)15(10,4)5/h9-11,13H,7-8H2,1-6H3. The van der Waals surface area contributed by atoms with Crippen LogP contribution in [0.3, 0.4) is 0 Å². The third-order valence-corrected chi connectivity index (χ3v) is 5.76. The second-order valence-electron chi connectivity index (χ2n) is 6.84. The first-order valence-electron chi connectivity index (χ1n) is 6.57. The smallest absolute Gasteiger partial charge is 0.0954 e. The minimum Gasteiger partial charge on any atom is -0.501 e. The van der Waals surface area contributed by atoms with Gasteiger partial charge in [0.05, 0.1) is 12.9 Å².